The Balaban J connectivity index is 1.83. The van der Waals surface area contributed by atoms with Crippen LogP contribution in [0.1, 0.15) is 23.6 Å². The number of nitrogens with one attached hydrogen (secondary N) is 1. The van der Waals surface area contributed by atoms with Gasteiger partial charge in [-0.25, -0.2) is 22.5 Å². The molecule has 132 valence electrons. The molecule has 4 nitrogen and oxygen atoms in total. The lowest BCUT2D eigenvalue weighted by Gasteiger charge is -2.23. The summed E-state index contributed by atoms with van der Waals surface area (Å²) in [6.45, 7) is 0. The monoisotopic (exact) mass is 361 g/mol. The standard InChI is InChI=1S/C18H11F4N3O/c19-10-4-11(20)6-12(5-10)25-8-23-17-13(7-16(26)24-18(17)25)9-1-2-14(21)15(22)3-9/h1-6,8,13H,7H2,(H,24,26)/t13-/m0/s1. The number of rotatable bonds is 2. The van der Waals surface area contributed by atoms with Crippen molar-refractivity contribution in [1.29, 1.82) is 0 Å². The van der Waals surface area contributed by atoms with Gasteiger partial charge in [-0.3, -0.25) is 9.36 Å². The van der Waals surface area contributed by atoms with Crippen LogP contribution in [0, 0.1) is 23.3 Å². The molecule has 0 aliphatic carbocycles. The highest BCUT2D eigenvalue weighted by atomic mass is 19.2. The molecular weight excluding hydrogens is 350 g/mol. The van der Waals surface area contributed by atoms with E-state index in [4.69, 9.17) is 0 Å². The number of hydrogen-bond donors (Lipinski definition) is 1. The van der Waals surface area contributed by atoms with Crippen molar-refractivity contribution < 1.29 is 22.4 Å². The number of carbonyl (C=O) groups is 1. The zero-order valence-corrected chi connectivity index (χ0v) is 13.1. The predicted octanol–water partition coefficient (Wildman–Crippen LogP) is 3.90. The van der Waals surface area contributed by atoms with Crippen molar-refractivity contribution in [2.45, 2.75) is 12.3 Å². The fourth-order valence-electron chi connectivity index (χ4n) is 3.09. The highest BCUT2D eigenvalue weighted by molar-refractivity contribution is 5.94. The second-order valence-electron chi connectivity index (χ2n) is 5.95. The number of hydrogen-bond acceptors (Lipinski definition) is 2. The van der Waals surface area contributed by atoms with Crippen LogP contribution in [0.15, 0.2) is 42.7 Å². The van der Waals surface area contributed by atoms with Crippen LogP contribution in [0.4, 0.5) is 23.4 Å². The van der Waals surface area contributed by atoms with Crippen LogP contribution in [0.25, 0.3) is 5.69 Å². The smallest absolute Gasteiger partial charge is 0.226 e. The van der Waals surface area contributed by atoms with Gasteiger partial charge in [0.1, 0.15) is 23.8 Å². The van der Waals surface area contributed by atoms with Crippen LogP contribution in [0.3, 0.4) is 0 Å². The van der Waals surface area contributed by atoms with Gasteiger partial charge in [-0.05, 0) is 29.8 Å². The molecule has 26 heavy (non-hydrogen) atoms. The lowest BCUT2D eigenvalue weighted by molar-refractivity contribution is -0.116. The third-order valence-corrected chi connectivity index (χ3v) is 4.24. The van der Waals surface area contributed by atoms with Gasteiger partial charge in [0.15, 0.2) is 11.6 Å². The van der Waals surface area contributed by atoms with Crippen molar-refractivity contribution in [1.82, 2.24) is 9.55 Å². The fourth-order valence-corrected chi connectivity index (χ4v) is 3.09. The minimum atomic E-state index is -1.03. The van der Waals surface area contributed by atoms with Gasteiger partial charge in [0.25, 0.3) is 0 Å². The Morgan fingerprint density at radius 2 is 1.73 bits per heavy atom. The number of benzene rings is 2. The fraction of sp³-hybridized carbons (Fsp3) is 0.111. The lowest BCUT2D eigenvalue weighted by atomic mass is 9.89. The molecule has 0 saturated carbocycles. The first-order valence-corrected chi connectivity index (χ1v) is 7.71. The molecule has 2 heterocycles. The number of anilines is 1. The van der Waals surface area contributed by atoms with Gasteiger partial charge in [-0.15, -0.1) is 0 Å². The molecule has 8 heteroatoms. The number of carbonyl (C=O) groups excluding carboxylic acids is 1. The first kappa shape index (κ1) is 16.3. The number of aromatic nitrogens is 2. The Hall–Kier alpha value is -3.16. The summed E-state index contributed by atoms with van der Waals surface area (Å²) < 4.78 is 55.1. The Morgan fingerprint density at radius 1 is 1.00 bits per heavy atom. The molecule has 2 aromatic carbocycles. The second-order valence-corrected chi connectivity index (χ2v) is 5.95. The zero-order valence-electron chi connectivity index (χ0n) is 13.1. The van der Waals surface area contributed by atoms with E-state index in [1.807, 2.05) is 0 Å². The number of fused-ring (bicyclic) bond motifs is 1. The van der Waals surface area contributed by atoms with Crippen LogP contribution < -0.4 is 5.32 Å². The molecule has 1 aromatic heterocycles. The maximum absolute atomic E-state index is 13.6. The Bertz CT molecular complexity index is 1010. The summed E-state index contributed by atoms with van der Waals surface area (Å²) in [4.78, 5) is 16.3. The van der Waals surface area contributed by atoms with E-state index >= 15 is 0 Å². The quantitative estimate of drug-likeness (QED) is 0.704. The molecule has 0 bridgehead atoms. The van der Waals surface area contributed by atoms with E-state index in [1.165, 1.54) is 17.0 Å². The maximum Gasteiger partial charge on any atom is 0.226 e. The maximum atomic E-state index is 13.6. The minimum absolute atomic E-state index is 0.00734. The predicted molar refractivity (Wildman–Crippen MR) is 84.9 cm³/mol. The highest BCUT2D eigenvalue weighted by Gasteiger charge is 2.31. The second kappa shape index (κ2) is 5.98. The van der Waals surface area contributed by atoms with Crippen LogP contribution in [0.5, 0.6) is 0 Å². The van der Waals surface area contributed by atoms with Crippen LogP contribution in [-0.2, 0) is 4.79 Å². The third-order valence-electron chi connectivity index (χ3n) is 4.24. The molecule has 3 aromatic rings. The average Bonchev–Trinajstić information content (AvgIpc) is 2.99. The van der Waals surface area contributed by atoms with Crippen molar-refractivity contribution in [3.63, 3.8) is 0 Å². The molecule has 0 unspecified atom stereocenters. The number of amides is 1. The van der Waals surface area contributed by atoms with E-state index in [9.17, 15) is 22.4 Å². The lowest BCUT2D eigenvalue weighted by Crippen LogP contribution is -2.25. The summed E-state index contributed by atoms with van der Waals surface area (Å²) in [5.74, 6) is -4.31. The number of imidazole rings is 1. The van der Waals surface area contributed by atoms with E-state index < -0.39 is 29.2 Å². The molecule has 1 aliphatic rings. The molecule has 1 atom stereocenters. The Morgan fingerprint density at radius 3 is 2.42 bits per heavy atom. The van der Waals surface area contributed by atoms with Crippen LogP contribution in [0.2, 0.25) is 0 Å². The average molecular weight is 361 g/mol. The first-order chi connectivity index (χ1) is 12.4. The molecule has 1 amide bonds. The number of halogens is 4. The Labute approximate surface area is 145 Å². The van der Waals surface area contributed by atoms with Crippen molar-refractivity contribution in [3.05, 3.63) is 77.3 Å². The van der Waals surface area contributed by atoms with Gasteiger partial charge < -0.3 is 5.32 Å². The van der Waals surface area contributed by atoms with Gasteiger partial charge >= 0.3 is 0 Å². The summed E-state index contributed by atoms with van der Waals surface area (Å²) in [5, 5.41) is 2.62. The van der Waals surface area contributed by atoms with Crippen molar-refractivity contribution >= 4 is 11.7 Å². The molecule has 4 rings (SSSR count). The molecule has 0 fully saturated rings. The summed E-state index contributed by atoms with van der Waals surface area (Å²) >= 11 is 0. The number of nitrogens with zero attached hydrogens (tertiary/aromatic N) is 2. The summed E-state index contributed by atoms with van der Waals surface area (Å²) in [6.07, 6.45) is 1.31. The molecule has 1 N–H and O–H groups in total. The van der Waals surface area contributed by atoms with Gasteiger partial charge in [0, 0.05) is 18.4 Å². The summed E-state index contributed by atoms with van der Waals surface area (Å²) in [5.41, 5.74) is 0.929. The minimum Gasteiger partial charge on any atom is -0.310 e. The van der Waals surface area contributed by atoms with Crippen LogP contribution >= 0.6 is 0 Å². The molecule has 0 saturated heterocycles. The van der Waals surface area contributed by atoms with E-state index in [0.29, 0.717) is 11.3 Å². The highest BCUT2D eigenvalue weighted by Crippen LogP contribution is 2.37. The first-order valence-electron chi connectivity index (χ1n) is 7.71. The van der Waals surface area contributed by atoms with Gasteiger partial charge in [-0.2, -0.15) is 0 Å². The normalized spacial score (nSPS) is 16.3. The molecule has 0 spiro atoms. The van der Waals surface area contributed by atoms with Crippen molar-refractivity contribution in [2.24, 2.45) is 0 Å². The topological polar surface area (TPSA) is 46.9 Å². The molecule has 1 aliphatic heterocycles. The van der Waals surface area contributed by atoms with Gasteiger partial charge in [0.05, 0.1) is 11.4 Å². The zero-order chi connectivity index (χ0) is 18.4. The van der Waals surface area contributed by atoms with E-state index in [-0.39, 0.29) is 23.8 Å². The van der Waals surface area contributed by atoms with E-state index in [1.54, 1.807) is 0 Å². The third kappa shape index (κ3) is 2.73. The van der Waals surface area contributed by atoms with Gasteiger partial charge in [0.2, 0.25) is 5.91 Å². The summed E-state index contributed by atoms with van der Waals surface area (Å²) in [6, 6.07) is 6.30. The van der Waals surface area contributed by atoms with Crippen molar-refractivity contribution in [2.75, 3.05) is 5.32 Å². The molecular formula is C18H11F4N3O. The largest absolute Gasteiger partial charge is 0.310 e. The van der Waals surface area contributed by atoms with Crippen LogP contribution in [-0.4, -0.2) is 15.5 Å². The van der Waals surface area contributed by atoms with E-state index in [0.717, 1.165) is 30.3 Å². The van der Waals surface area contributed by atoms with Gasteiger partial charge in [-0.1, -0.05) is 6.07 Å². The SMILES string of the molecule is O=C1C[C@@H](c2ccc(F)c(F)c2)c2ncn(-c3cc(F)cc(F)c3)c2N1. The van der Waals surface area contributed by atoms with Crippen molar-refractivity contribution in [3.8, 4) is 5.69 Å². The Kier molecular flexibility index (Phi) is 3.75. The summed E-state index contributed by atoms with van der Waals surface area (Å²) in [7, 11) is 0. The molecule has 0 radical (unpaired) electrons. The van der Waals surface area contributed by atoms with E-state index in [2.05, 4.69) is 10.3 Å².